The highest BCUT2D eigenvalue weighted by Crippen LogP contribution is 2.25. The van der Waals surface area contributed by atoms with Crippen LogP contribution in [0.15, 0.2) is 53.1 Å². The van der Waals surface area contributed by atoms with E-state index in [1.54, 1.807) is 6.26 Å². The second kappa shape index (κ2) is 9.97. The van der Waals surface area contributed by atoms with Crippen LogP contribution in [-0.2, 0) is 17.8 Å². The van der Waals surface area contributed by atoms with Gasteiger partial charge in [0.1, 0.15) is 5.76 Å². The normalized spacial score (nSPS) is 15.3. The maximum atomic E-state index is 13.1. The molecular weight excluding hydrogens is 356 g/mol. The van der Waals surface area contributed by atoms with Gasteiger partial charge in [-0.1, -0.05) is 43.2 Å². The van der Waals surface area contributed by atoms with Gasteiger partial charge in [-0.05, 0) is 43.4 Å². The number of rotatable bonds is 9. The highest BCUT2D eigenvalue weighted by Gasteiger charge is 2.29. The third kappa shape index (κ3) is 5.87. The Morgan fingerprint density at radius 1 is 1.14 bits per heavy atom. The van der Waals surface area contributed by atoms with Gasteiger partial charge in [0.25, 0.3) is 0 Å². The van der Waals surface area contributed by atoms with E-state index in [9.17, 15) is 9.59 Å². The van der Waals surface area contributed by atoms with Gasteiger partial charge in [0, 0.05) is 18.5 Å². The summed E-state index contributed by atoms with van der Waals surface area (Å²) in [6, 6.07) is 13.4. The van der Waals surface area contributed by atoms with E-state index in [0.717, 1.165) is 37.0 Å². The Bertz CT molecular complexity index is 739. The highest BCUT2D eigenvalue weighted by molar-refractivity contribution is 5.75. The summed E-state index contributed by atoms with van der Waals surface area (Å²) >= 11 is 0. The Labute approximate surface area is 165 Å². The molecular formula is C22H28N2O4. The molecule has 0 saturated heterocycles. The molecule has 1 saturated carbocycles. The summed E-state index contributed by atoms with van der Waals surface area (Å²) in [5.74, 6) is -0.0947. The van der Waals surface area contributed by atoms with Crippen LogP contribution < -0.4 is 5.32 Å². The van der Waals surface area contributed by atoms with Crippen molar-refractivity contribution in [3.05, 3.63) is 60.1 Å². The number of nitrogens with one attached hydrogen (secondary N) is 1. The van der Waals surface area contributed by atoms with Gasteiger partial charge in [-0.15, -0.1) is 0 Å². The second-order valence-corrected chi connectivity index (χ2v) is 7.41. The Morgan fingerprint density at radius 3 is 2.54 bits per heavy atom. The van der Waals surface area contributed by atoms with E-state index in [1.807, 2.05) is 47.4 Å². The number of carboxylic acids is 1. The average molecular weight is 384 g/mol. The molecule has 0 radical (unpaired) electrons. The number of nitrogens with zero attached hydrogens (tertiary/aromatic N) is 1. The second-order valence-electron chi connectivity index (χ2n) is 7.41. The van der Waals surface area contributed by atoms with Crippen LogP contribution in [0.1, 0.15) is 49.8 Å². The molecule has 1 fully saturated rings. The van der Waals surface area contributed by atoms with Crippen molar-refractivity contribution in [3.63, 3.8) is 0 Å². The number of amides is 2. The zero-order valence-corrected chi connectivity index (χ0v) is 16.0. The van der Waals surface area contributed by atoms with Crippen LogP contribution in [0.5, 0.6) is 0 Å². The molecule has 0 bridgehead atoms. The van der Waals surface area contributed by atoms with Gasteiger partial charge in [0.05, 0.1) is 12.8 Å². The van der Waals surface area contributed by atoms with Gasteiger partial charge < -0.3 is 19.7 Å². The number of furan rings is 1. The van der Waals surface area contributed by atoms with Crippen LogP contribution >= 0.6 is 0 Å². The summed E-state index contributed by atoms with van der Waals surface area (Å²) in [6.07, 6.45) is 6.89. The fourth-order valence-corrected chi connectivity index (χ4v) is 3.83. The molecule has 2 N–H and O–H groups in total. The first-order valence-corrected chi connectivity index (χ1v) is 9.97. The van der Waals surface area contributed by atoms with E-state index in [-0.39, 0.29) is 24.5 Å². The number of aliphatic carboxylic acids is 1. The van der Waals surface area contributed by atoms with Crippen molar-refractivity contribution in [2.75, 3.05) is 0 Å². The maximum absolute atomic E-state index is 13.1. The molecule has 1 atom stereocenters. The molecule has 1 aliphatic carbocycles. The zero-order valence-electron chi connectivity index (χ0n) is 16.0. The minimum Gasteiger partial charge on any atom is -0.481 e. The number of carbonyl (C=O) groups is 2. The minimum atomic E-state index is -0.851. The summed E-state index contributed by atoms with van der Waals surface area (Å²) in [5.41, 5.74) is 1.08. The van der Waals surface area contributed by atoms with Crippen molar-refractivity contribution in [3.8, 4) is 0 Å². The number of benzene rings is 1. The summed E-state index contributed by atoms with van der Waals surface area (Å²) < 4.78 is 5.45. The van der Waals surface area contributed by atoms with Gasteiger partial charge in [-0.25, -0.2) is 4.79 Å². The molecule has 0 spiro atoms. The smallest absolute Gasteiger partial charge is 0.318 e. The number of carboxylic acid groups (broad SMARTS) is 1. The van der Waals surface area contributed by atoms with E-state index in [1.165, 1.54) is 0 Å². The lowest BCUT2D eigenvalue weighted by molar-refractivity contribution is -0.137. The molecule has 28 heavy (non-hydrogen) atoms. The molecule has 3 rings (SSSR count). The third-order valence-corrected chi connectivity index (χ3v) is 5.29. The topological polar surface area (TPSA) is 82.8 Å². The third-order valence-electron chi connectivity index (χ3n) is 5.29. The molecule has 1 aliphatic rings. The summed E-state index contributed by atoms with van der Waals surface area (Å²) in [6.45, 7) is 0.431. The molecule has 0 aliphatic heterocycles. The maximum Gasteiger partial charge on any atom is 0.318 e. The van der Waals surface area contributed by atoms with E-state index < -0.39 is 5.97 Å². The van der Waals surface area contributed by atoms with Crippen molar-refractivity contribution in [2.24, 2.45) is 0 Å². The Morgan fingerprint density at radius 2 is 1.89 bits per heavy atom. The quantitative estimate of drug-likeness (QED) is 0.678. The van der Waals surface area contributed by atoms with Crippen LogP contribution in [0.3, 0.4) is 0 Å². The predicted octanol–water partition coefficient (Wildman–Crippen LogP) is 4.21. The van der Waals surface area contributed by atoms with Crippen molar-refractivity contribution in [1.29, 1.82) is 0 Å². The van der Waals surface area contributed by atoms with Gasteiger partial charge in [0.15, 0.2) is 0 Å². The molecule has 2 aromatic rings. The Balaban J connectivity index is 1.69. The largest absolute Gasteiger partial charge is 0.481 e. The molecule has 1 aromatic carbocycles. The fourth-order valence-electron chi connectivity index (χ4n) is 3.83. The molecule has 6 nitrogen and oxygen atoms in total. The molecule has 150 valence electrons. The highest BCUT2D eigenvalue weighted by atomic mass is 16.4. The average Bonchev–Trinajstić information content (AvgIpc) is 3.38. The van der Waals surface area contributed by atoms with Crippen molar-refractivity contribution in [2.45, 2.75) is 63.6 Å². The van der Waals surface area contributed by atoms with Gasteiger partial charge in [-0.2, -0.15) is 0 Å². The van der Waals surface area contributed by atoms with Gasteiger partial charge in [0.2, 0.25) is 0 Å². The molecule has 6 heteroatoms. The molecule has 1 unspecified atom stereocenters. The van der Waals surface area contributed by atoms with Crippen LogP contribution in [0.2, 0.25) is 0 Å². The van der Waals surface area contributed by atoms with E-state index in [0.29, 0.717) is 19.4 Å². The lowest BCUT2D eigenvalue weighted by Crippen LogP contribution is -2.48. The number of hydrogen-bond acceptors (Lipinski definition) is 3. The van der Waals surface area contributed by atoms with Crippen LogP contribution in [0.25, 0.3) is 0 Å². The summed E-state index contributed by atoms with van der Waals surface area (Å²) in [7, 11) is 0. The Kier molecular flexibility index (Phi) is 7.12. The summed E-state index contributed by atoms with van der Waals surface area (Å²) in [5, 5.41) is 12.2. The monoisotopic (exact) mass is 384 g/mol. The standard InChI is InChI=1S/C22H28N2O4/c25-21(26)13-12-18(15-17-7-2-1-3-8-17)23-22(27)24(19-9-4-5-10-19)16-20-11-6-14-28-20/h1-3,6-8,11,14,18-19H,4-5,9-10,12-13,15-16H2,(H,23,27)(H,25,26). The Hall–Kier alpha value is -2.76. The van der Waals surface area contributed by atoms with Crippen molar-refractivity contribution < 1.29 is 19.1 Å². The fraction of sp³-hybridized carbons (Fsp3) is 0.455. The van der Waals surface area contributed by atoms with Crippen molar-refractivity contribution >= 4 is 12.0 Å². The first-order valence-electron chi connectivity index (χ1n) is 9.97. The zero-order chi connectivity index (χ0) is 19.8. The predicted molar refractivity (Wildman–Crippen MR) is 106 cm³/mol. The van der Waals surface area contributed by atoms with Crippen LogP contribution in [0, 0.1) is 0 Å². The van der Waals surface area contributed by atoms with E-state index >= 15 is 0 Å². The van der Waals surface area contributed by atoms with Gasteiger partial charge in [-0.3, -0.25) is 4.79 Å². The number of hydrogen-bond donors (Lipinski definition) is 2. The minimum absolute atomic E-state index is 0.0272. The van der Waals surface area contributed by atoms with Crippen molar-refractivity contribution in [1.82, 2.24) is 10.2 Å². The van der Waals surface area contributed by atoms with Gasteiger partial charge >= 0.3 is 12.0 Å². The van der Waals surface area contributed by atoms with E-state index in [2.05, 4.69) is 5.32 Å². The van der Waals surface area contributed by atoms with E-state index in [4.69, 9.17) is 9.52 Å². The summed E-state index contributed by atoms with van der Waals surface area (Å²) in [4.78, 5) is 26.0. The first-order chi connectivity index (χ1) is 13.6. The molecule has 1 aromatic heterocycles. The lowest BCUT2D eigenvalue weighted by Gasteiger charge is -2.30. The SMILES string of the molecule is O=C(O)CCC(Cc1ccccc1)NC(=O)N(Cc1ccco1)C1CCCC1. The number of urea groups is 1. The first kappa shape index (κ1) is 20.0. The number of carbonyl (C=O) groups excluding carboxylic acids is 1. The lowest BCUT2D eigenvalue weighted by atomic mass is 10.0. The van der Waals surface area contributed by atoms with Crippen LogP contribution in [0.4, 0.5) is 4.79 Å². The van der Waals surface area contributed by atoms with Crippen LogP contribution in [-0.4, -0.2) is 34.1 Å². The molecule has 1 heterocycles. The molecule has 2 amide bonds.